The van der Waals surface area contributed by atoms with Gasteiger partial charge in [0.1, 0.15) is 16.7 Å². The number of rotatable bonds is 6. The SMILES string of the molecule is O=C(NCc1ccc(C(=O)O)s1)c1ccc(OC2CCOCC2)cc1. The fourth-order valence-electron chi connectivity index (χ4n) is 2.53. The topological polar surface area (TPSA) is 84.9 Å². The number of thiophene rings is 1. The Labute approximate surface area is 149 Å². The third kappa shape index (κ3) is 4.80. The lowest BCUT2D eigenvalue weighted by Gasteiger charge is -2.23. The average Bonchev–Trinajstić information content (AvgIpc) is 3.11. The van der Waals surface area contributed by atoms with Crippen LogP contribution in [0.3, 0.4) is 0 Å². The molecule has 1 aliphatic rings. The molecule has 1 aromatic carbocycles. The predicted octanol–water partition coefficient (Wildman–Crippen LogP) is 2.93. The first-order valence-corrected chi connectivity index (χ1v) is 8.88. The van der Waals surface area contributed by atoms with Gasteiger partial charge in [0.15, 0.2) is 0 Å². The van der Waals surface area contributed by atoms with Crippen LogP contribution < -0.4 is 10.1 Å². The molecule has 2 aromatic rings. The number of ether oxygens (including phenoxy) is 2. The number of carboxylic acids is 1. The van der Waals surface area contributed by atoms with Gasteiger partial charge in [-0.15, -0.1) is 11.3 Å². The normalized spacial score (nSPS) is 14.9. The van der Waals surface area contributed by atoms with Gasteiger partial charge in [0.05, 0.1) is 19.8 Å². The standard InChI is InChI=1S/C18H19NO5S/c20-17(19-11-15-5-6-16(25-15)18(21)22)12-1-3-13(4-2-12)24-14-7-9-23-10-8-14/h1-6,14H,7-11H2,(H,19,20)(H,21,22). The summed E-state index contributed by atoms with van der Waals surface area (Å²) >= 11 is 1.16. The lowest BCUT2D eigenvalue weighted by molar-refractivity contribution is 0.0255. The molecule has 3 rings (SSSR count). The van der Waals surface area contributed by atoms with Gasteiger partial charge in [0, 0.05) is 23.3 Å². The quantitative estimate of drug-likeness (QED) is 0.826. The second-order valence-corrected chi connectivity index (χ2v) is 6.88. The van der Waals surface area contributed by atoms with Gasteiger partial charge in [-0.05, 0) is 36.4 Å². The summed E-state index contributed by atoms with van der Waals surface area (Å²) in [7, 11) is 0. The zero-order valence-electron chi connectivity index (χ0n) is 13.6. The van der Waals surface area contributed by atoms with Crippen LogP contribution in [0, 0.1) is 0 Å². The highest BCUT2D eigenvalue weighted by Crippen LogP contribution is 2.19. The summed E-state index contributed by atoms with van der Waals surface area (Å²) < 4.78 is 11.2. The number of benzene rings is 1. The molecule has 0 spiro atoms. The first kappa shape index (κ1) is 17.4. The van der Waals surface area contributed by atoms with Crippen molar-refractivity contribution in [2.75, 3.05) is 13.2 Å². The van der Waals surface area contributed by atoms with Crippen LogP contribution >= 0.6 is 11.3 Å². The Bertz CT molecular complexity index is 734. The van der Waals surface area contributed by atoms with E-state index in [1.165, 1.54) is 6.07 Å². The van der Waals surface area contributed by atoms with Gasteiger partial charge >= 0.3 is 5.97 Å². The number of nitrogens with one attached hydrogen (secondary N) is 1. The van der Waals surface area contributed by atoms with Gasteiger partial charge < -0.3 is 19.9 Å². The molecular formula is C18H19NO5S. The van der Waals surface area contributed by atoms with E-state index < -0.39 is 5.97 Å². The van der Waals surface area contributed by atoms with Gasteiger partial charge in [-0.2, -0.15) is 0 Å². The Morgan fingerprint density at radius 2 is 1.88 bits per heavy atom. The maximum absolute atomic E-state index is 12.2. The molecule has 0 bridgehead atoms. The predicted molar refractivity (Wildman–Crippen MR) is 93.4 cm³/mol. The number of hydrogen-bond donors (Lipinski definition) is 2. The van der Waals surface area contributed by atoms with Gasteiger partial charge in [-0.3, -0.25) is 4.79 Å². The van der Waals surface area contributed by atoms with E-state index in [4.69, 9.17) is 14.6 Å². The minimum absolute atomic E-state index is 0.163. The van der Waals surface area contributed by atoms with Gasteiger partial charge in [-0.1, -0.05) is 0 Å². The number of carbonyl (C=O) groups is 2. The Morgan fingerprint density at radius 3 is 2.52 bits per heavy atom. The largest absolute Gasteiger partial charge is 0.490 e. The fraction of sp³-hybridized carbons (Fsp3) is 0.333. The first-order chi connectivity index (χ1) is 12.1. The van der Waals surface area contributed by atoms with Crippen LogP contribution in [-0.2, 0) is 11.3 Å². The first-order valence-electron chi connectivity index (χ1n) is 8.06. The summed E-state index contributed by atoms with van der Waals surface area (Å²) in [6.07, 6.45) is 1.92. The summed E-state index contributed by atoms with van der Waals surface area (Å²) in [4.78, 5) is 24.1. The van der Waals surface area contributed by atoms with Gasteiger partial charge in [0.2, 0.25) is 0 Å². The number of carbonyl (C=O) groups excluding carboxylic acids is 1. The molecule has 1 aromatic heterocycles. The van der Waals surface area contributed by atoms with E-state index in [1.54, 1.807) is 30.3 Å². The molecule has 0 saturated carbocycles. The van der Waals surface area contributed by atoms with E-state index in [0.29, 0.717) is 12.1 Å². The van der Waals surface area contributed by atoms with E-state index in [9.17, 15) is 9.59 Å². The number of hydrogen-bond acceptors (Lipinski definition) is 5. The molecule has 132 valence electrons. The van der Waals surface area contributed by atoms with Crippen molar-refractivity contribution in [3.05, 3.63) is 51.7 Å². The molecule has 1 saturated heterocycles. The van der Waals surface area contributed by atoms with Crippen LogP contribution in [0.5, 0.6) is 5.75 Å². The molecule has 6 nitrogen and oxygen atoms in total. The molecule has 1 amide bonds. The van der Waals surface area contributed by atoms with Gasteiger partial charge in [0.25, 0.3) is 5.91 Å². The molecule has 1 fully saturated rings. The summed E-state index contributed by atoms with van der Waals surface area (Å²) in [5.41, 5.74) is 0.536. The molecule has 0 aliphatic carbocycles. The summed E-state index contributed by atoms with van der Waals surface area (Å²) in [5, 5.41) is 11.7. The Kier molecular flexibility index (Phi) is 5.67. The summed E-state index contributed by atoms with van der Waals surface area (Å²) in [5.74, 6) is -0.418. The Hall–Kier alpha value is -2.38. The van der Waals surface area contributed by atoms with Crippen molar-refractivity contribution in [1.29, 1.82) is 0 Å². The van der Waals surface area contributed by atoms with Crippen LogP contribution in [-0.4, -0.2) is 36.3 Å². The van der Waals surface area contributed by atoms with Crippen LogP contribution in [0.25, 0.3) is 0 Å². The van der Waals surface area contributed by atoms with E-state index in [1.807, 2.05) is 0 Å². The monoisotopic (exact) mass is 361 g/mol. The highest BCUT2D eigenvalue weighted by atomic mass is 32.1. The Morgan fingerprint density at radius 1 is 1.16 bits per heavy atom. The van der Waals surface area contributed by atoms with Crippen molar-refractivity contribution in [2.45, 2.75) is 25.5 Å². The third-order valence-corrected chi connectivity index (χ3v) is 4.96. The lowest BCUT2D eigenvalue weighted by atomic mass is 10.1. The fourth-order valence-corrected chi connectivity index (χ4v) is 3.31. The molecule has 7 heteroatoms. The van der Waals surface area contributed by atoms with Crippen LogP contribution in [0.15, 0.2) is 36.4 Å². The highest BCUT2D eigenvalue weighted by Gasteiger charge is 2.15. The molecule has 0 atom stereocenters. The average molecular weight is 361 g/mol. The van der Waals surface area contributed by atoms with Crippen molar-refractivity contribution >= 4 is 23.2 Å². The van der Waals surface area contributed by atoms with Crippen LogP contribution in [0.2, 0.25) is 0 Å². The zero-order chi connectivity index (χ0) is 17.6. The minimum atomic E-state index is -0.956. The van der Waals surface area contributed by atoms with Crippen molar-refractivity contribution in [3.8, 4) is 5.75 Å². The molecule has 0 radical (unpaired) electrons. The number of amides is 1. The second-order valence-electron chi connectivity index (χ2n) is 5.71. The maximum Gasteiger partial charge on any atom is 0.345 e. The molecule has 2 N–H and O–H groups in total. The second kappa shape index (κ2) is 8.13. The van der Waals surface area contributed by atoms with Crippen LogP contribution in [0.4, 0.5) is 0 Å². The molecule has 2 heterocycles. The van der Waals surface area contributed by atoms with Crippen molar-refractivity contribution in [3.63, 3.8) is 0 Å². The zero-order valence-corrected chi connectivity index (χ0v) is 14.4. The Balaban J connectivity index is 1.52. The smallest absolute Gasteiger partial charge is 0.345 e. The van der Waals surface area contributed by atoms with Crippen molar-refractivity contribution in [2.24, 2.45) is 0 Å². The number of carboxylic acid groups (broad SMARTS) is 1. The highest BCUT2D eigenvalue weighted by molar-refractivity contribution is 7.13. The maximum atomic E-state index is 12.2. The van der Waals surface area contributed by atoms with Crippen molar-refractivity contribution in [1.82, 2.24) is 5.32 Å². The molecule has 1 aliphatic heterocycles. The lowest BCUT2D eigenvalue weighted by Crippen LogP contribution is -2.26. The van der Waals surface area contributed by atoms with E-state index in [0.717, 1.165) is 48.0 Å². The van der Waals surface area contributed by atoms with Crippen molar-refractivity contribution < 1.29 is 24.2 Å². The van der Waals surface area contributed by atoms with E-state index in [-0.39, 0.29) is 16.9 Å². The molecule has 0 unspecified atom stereocenters. The summed E-state index contributed by atoms with van der Waals surface area (Å²) in [6.45, 7) is 1.74. The number of aromatic carboxylic acids is 1. The minimum Gasteiger partial charge on any atom is -0.490 e. The van der Waals surface area contributed by atoms with Crippen LogP contribution in [0.1, 0.15) is 37.7 Å². The van der Waals surface area contributed by atoms with E-state index in [2.05, 4.69) is 5.32 Å². The molecule has 25 heavy (non-hydrogen) atoms. The molecular weight excluding hydrogens is 342 g/mol. The van der Waals surface area contributed by atoms with Gasteiger partial charge in [-0.25, -0.2) is 4.79 Å². The van der Waals surface area contributed by atoms with E-state index >= 15 is 0 Å². The third-order valence-electron chi connectivity index (χ3n) is 3.88. The summed E-state index contributed by atoms with van der Waals surface area (Å²) in [6, 6.07) is 10.3.